The molecule has 0 aliphatic rings. The van der Waals surface area contributed by atoms with E-state index in [1.165, 1.54) is 12.1 Å². The van der Waals surface area contributed by atoms with E-state index >= 15 is 0 Å². The maximum absolute atomic E-state index is 13.0. The lowest BCUT2D eigenvalue weighted by Gasteiger charge is -2.10. The summed E-state index contributed by atoms with van der Waals surface area (Å²) in [5.41, 5.74) is 1.34. The Morgan fingerprint density at radius 2 is 1.89 bits per heavy atom. The van der Waals surface area contributed by atoms with Crippen LogP contribution in [-0.4, -0.2) is 5.11 Å². The molecule has 19 heavy (non-hydrogen) atoms. The number of aliphatic hydroxyl groups excluding tert-OH is 1. The molecule has 5 heteroatoms. The van der Waals surface area contributed by atoms with Crippen LogP contribution in [0.5, 0.6) is 5.75 Å². The first-order valence-electron chi connectivity index (χ1n) is 5.56. The first-order valence-corrected chi connectivity index (χ1v) is 6.32. The number of rotatable bonds is 4. The first kappa shape index (κ1) is 14.1. The molecule has 0 heterocycles. The predicted octanol–water partition coefficient (Wildman–Crippen LogP) is 4.20. The Hall–Kier alpha value is -1.29. The molecule has 1 N–H and O–H groups in total. The van der Waals surface area contributed by atoms with Gasteiger partial charge in [0.05, 0.1) is 11.6 Å². The molecular weight excluding hydrogens is 290 g/mol. The van der Waals surface area contributed by atoms with Gasteiger partial charge in [0, 0.05) is 10.6 Å². The zero-order valence-corrected chi connectivity index (χ0v) is 11.4. The molecule has 0 radical (unpaired) electrons. The number of aliphatic hydroxyl groups is 1. The molecule has 0 bridgehead atoms. The van der Waals surface area contributed by atoms with Gasteiger partial charge in [-0.25, -0.2) is 4.39 Å². The molecule has 0 aliphatic heterocycles. The van der Waals surface area contributed by atoms with Gasteiger partial charge in [-0.3, -0.25) is 0 Å². The van der Waals surface area contributed by atoms with Crippen LogP contribution in [0.3, 0.4) is 0 Å². The van der Waals surface area contributed by atoms with E-state index in [0.29, 0.717) is 16.3 Å². The van der Waals surface area contributed by atoms with Crippen LogP contribution in [0.15, 0.2) is 36.4 Å². The highest BCUT2D eigenvalue weighted by molar-refractivity contribution is 6.31. The summed E-state index contributed by atoms with van der Waals surface area (Å²) in [6.45, 7) is 0.0642. The lowest BCUT2D eigenvalue weighted by molar-refractivity contribution is 0.259. The maximum Gasteiger partial charge on any atom is 0.141 e. The molecule has 2 aromatic rings. The largest absolute Gasteiger partial charge is 0.489 e. The molecule has 0 spiro atoms. The van der Waals surface area contributed by atoms with Crippen LogP contribution in [0, 0.1) is 5.82 Å². The molecule has 0 saturated carbocycles. The van der Waals surface area contributed by atoms with Gasteiger partial charge in [0.2, 0.25) is 0 Å². The van der Waals surface area contributed by atoms with E-state index in [1.807, 2.05) is 0 Å². The van der Waals surface area contributed by atoms with E-state index in [9.17, 15) is 9.50 Å². The maximum atomic E-state index is 13.0. The number of halogens is 3. The Labute approximate surface area is 120 Å². The molecular formula is C14H11Cl2FO2. The average molecular weight is 301 g/mol. The molecule has 0 fully saturated rings. The second kappa shape index (κ2) is 6.24. The number of ether oxygens (including phenoxy) is 1. The molecule has 0 unspecified atom stereocenters. The van der Waals surface area contributed by atoms with Gasteiger partial charge < -0.3 is 9.84 Å². The Kier molecular flexibility index (Phi) is 4.64. The number of hydrogen-bond donors (Lipinski definition) is 1. The summed E-state index contributed by atoms with van der Waals surface area (Å²) in [5.74, 6) is 0.0697. The molecule has 2 aromatic carbocycles. The van der Waals surface area contributed by atoms with Gasteiger partial charge in [-0.2, -0.15) is 0 Å². The third-order valence-electron chi connectivity index (χ3n) is 2.57. The van der Waals surface area contributed by atoms with Crippen molar-refractivity contribution in [2.75, 3.05) is 0 Å². The molecule has 100 valence electrons. The zero-order chi connectivity index (χ0) is 13.8. The Morgan fingerprint density at radius 1 is 1.11 bits per heavy atom. The van der Waals surface area contributed by atoms with Crippen molar-refractivity contribution in [2.24, 2.45) is 0 Å². The Bertz CT molecular complexity index is 588. The summed E-state index contributed by atoms with van der Waals surface area (Å²) in [6.07, 6.45) is 0. The summed E-state index contributed by atoms with van der Waals surface area (Å²) in [7, 11) is 0. The highest BCUT2D eigenvalue weighted by Gasteiger charge is 2.06. The van der Waals surface area contributed by atoms with Gasteiger partial charge in [-0.15, -0.1) is 0 Å². The van der Waals surface area contributed by atoms with Gasteiger partial charge in [-0.05, 0) is 35.9 Å². The van der Waals surface area contributed by atoms with E-state index in [2.05, 4.69) is 0 Å². The van der Waals surface area contributed by atoms with Crippen molar-refractivity contribution in [3.63, 3.8) is 0 Å². The topological polar surface area (TPSA) is 29.5 Å². The van der Waals surface area contributed by atoms with Crippen molar-refractivity contribution >= 4 is 23.2 Å². The first-order chi connectivity index (χ1) is 9.10. The normalized spacial score (nSPS) is 10.5. The third kappa shape index (κ3) is 3.60. The van der Waals surface area contributed by atoms with Crippen LogP contribution in [0.25, 0.3) is 0 Å². The molecule has 2 rings (SSSR count). The number of hydrogen-bond acceptors (Lipinski definition) is 2. The van der Waals surface area contributed by atoms with Gasteiger partial charge >= 0.3 is 0 Å². The Balaban J connectivity index is 2.12. The van der Waals surface area contributed by atoms with E-state index in [1.54, 1.807) is 24.3 Å². The molecule has 0 amide bonds. The summed E-state index contributed by atoms with van der Waals surface area (Å²) in [6, 6.07) is 9.37. The summed E-state index contributed by atoms with van der Waals surface area (Å²) < 4.78 is 18.6. The second-order valence-corrected chi connectivity index (χ2v) is 4.79. The van der Waals surface area contributed by atoms with Crippen molar-refractivity contribution in [3.8, 4) is 5.75 Å². The minimum Gasteiger partial charge on any atom is -0.489 e. The number of benzene rings is 2. The van der Waals surface area contributed by atoms with Crippen molar-refractivity contribution in [2.45, 2.75) is 13.2 Å². The third-order valence-corrected chi connectivity index (χ3v) is 3.10. The lowest BCUT2D eigenvalue weighted by Crippen LogP contribution is -1.99. The fourth-order valence-corrected chi connectivity index (χ4v) is 2.00. The van der Waals surface area contributed by atoms with E-state index in [-0.39, 0.29) is 18.2 Å². The van der Waals surface area contributed by atoms with Crippen LogP contribution in [0.2, 0.25) is 10.0 Å². The smallest absolute Gasteiger partial charge is 0.141 e. The minimum atomic E-state index is -0.465. The highest BCUT2D eigenvalue weighted by Crippen LogP contribution is 2.24. The average Bonchev–Trinajstić information content (AvgIpc) is 2.41. The fourth-order valence-electron chi connectivity index (χ4n) is 1.60. The fraction of sp³-hybridized carbons (Fsp3) is 0.143. The summed E-state index contributed by atoms with van der Waals surface area (Å²) in [4.78, 5) is 0. The van der Waals surface area contributed by atoms with Gasteiger partial charge in [-0.1, -0.05) is 29.3 Å². The lowest BCUT2D eigenvalue weighted by atomic mass is 10.2. The van der Waals surface area contributed by atoms with Crippen molar-refractivity contribution in [1.82, 2.24) is 0 Å². The van der Waals surface area contributed by atoms with Crippen LogP contribution < -0.4 is 4.74 Å². The quantitative estimate of drug-likeness (QED) is 0.917. The monoisotopic (exact) mass is 300 g/mol. The van der Waals surface area contributed by atoms with E-state index in [0.717, 1.165) is 5.56 Å². The Morgan fingerprint density at radius 3 is 2.58 bits per heavy atom. The standard InChI is InChI=1S/C14H11Cl2FO2/c15-11-2-4-14(10(6-11)7-18)19-8-9-1-3-13(17)12(16)5-9/h1-6,18H,7-8H2. The minimum absolute atomic E-state index is 0.0552. The molecule has 0 saturated heterocycles. The van der Waals surface area contributed by atoms with Gasteiger partial charge in [0.1, 0.15) is 18.2 Å². The van der Waals surface area contributed by atoms with E-state index < -0.39 is 5.82 Å². The van der Waals surface area contributed by atoms with Crippen LogP contribution >= 0.6 is 23.2 Å². The van der Waals surface area contributed by atoms with Gasteiger partial charge in [0.15, 0.2) is 0 Å². The SMILES string of the molecule is OCc1cc(Cl)ccc1OCc1ccc(F)c(Cl)c1. The van der Waals surface area contributed by atoms with Crippen LogP contribution in [0.1, 0.15) is 11.1 Å². The van der Waals surface area contributed by atoms with E-state index in [4.69, 9.17) is 27.9 Å². The summed E-state index contributed by atoms with van der Waals surface area (Å²) >= 11 is 11.5. The van der Waals surface area contributed by atoms with Crippen molar-refractivity contribution in [1.29, 1.82) is 0 Å². The van der Waals surface area contributed by atoms with Crippen LogP contribution in [0.4, 0.5) is 4.39 Å². The molecule has 0 aromatic heterocycles. The van der Waals surface area contributed by atoms with Crippen molar-refractivity contribution in [3.05, 3.63) is 63.4 Å². The zero-order valence-electron chi connectivity index (χ0n) is 9.87. The molecule has 2 nitrogen and oxygen atoms in total. The molecule has 0 aliphatic carbocycles. The highest BCUT2D eigenvalue weighted by atomic mass is 35.5. The second-order valence-electron chi connectivity index (χ2n) is 3.95. The van der Waals surface area contributed by atoms with Gasteiger partial charge in [0.25, 0.3) is 0 Å². The van der Waals surface area contributed by atoms with Crippen molar-refractivity contribution < 1.29 is 14.2 Å². The van der Waals surface area contributed by atoms with Crippen LogP contribution in [-0.2, 0) is 13.2 Å². The molecule has 0 atom stereocenters. The predicted molar refractivity (Wildman–Crippen MR) is 73.1 cm³/mol. The summed E-state index contributed by atoms with van der Waals surface area (Å²) in [5, 5.41) is 9.80.